The van der Waals surface area contributed by atoms with Crippen molar-refractivity contribution >= 4 is 11.9 Å². The predicted molar refractivity (Wildman–Crippen MR) is 70.2 cm³/mol. The minimum absolute atomic E-state index is 0.115. The van der Waals surface area contributed by atoms with E-state index < -0.39 is 5.97 Å². The number of aliphatic carboxylic acids is 1. The molecule has 0 aliphatic heterocycles. The zero-order valence-corrected chi connectivity index (χ0v) is 11.5. The van der Waals surface area contributed by atoms with E-state index in [2.05, 4.69) is 12.2 Å². The number of carbonyl (C=O) groups excluding carboxylic acids is 1. The molecule has 0 atom stereocenters. The van der Waals surface area contributed by atoms with Gasteiger partial charge in [0.25, 0.3) is 0 Å². The molecule has 1 fully saturated rings. The summed E-state index contributed by atoms with van der Waals surface area (Å²) in [5.74, 6) is -1.29. The molecule has 1 rings (SSSR count). The molecule has 0 aromatic rings. The molecule has 1 aliphatic carbocycles. The molecule has 4 heteroatoms. The van der Waals surface area contributed by atoms with E-state index in [1.54, 1.807) is 6.92 Å². The van der Waals surface area contributed by atoms with Crippen molar-refractivity contribution in [3.8, 4) is 0 Å². The first kappa shape index (κ1) is 14.7. The quantitative estimate of drug-likeness (QED) is 0.740. The summed E-state index contributed by atoms with van der Waals surface area (Å²) in [7, 11) is 0. The van der Waals surface area contributed by atoms with E-state index in [9.17, 15) is 9.59 Å². The van der Waals surface area contributed by atoms with Crippen LogP contribution >= 0.6 is 0 Å². The molecular weight excluding hydrogens is 230 g/mol. The van der Waals surface area contributed by atoms with E-state index in [-0.39, 0.29) is 16.9 Å². The Kier molecular flexibility index (Phi) is 4.93. The molecule has 2 N–H and O–H groups in total. The molecule has 0 heterocycles. The van der Waals surface area contributed by atoms with E-state index in [1.807, 2.05) is 0 Å². The Morgan fingerprint density at radius 3 is 2.17 bits per heavy atom. The van der Waals surface area contributed by atoms with Gasteiger partial charge in [0.15, 0.2) is 0 Å². The van der Waals surface area contributed by atoms with Crippen LogP contribution in [0.3, 0.4) is 0 Å². The van der Waals surface area contributed by atoms with Crippen LogP contribution in [0.5, 0.6) is 0 Å². The molecule has 1 saturated carbocycles. The second-order valence-electron chi connectivity index (χ2n) is 5.30. The van der Waals surface area contributed by atoms with Crippen LogP contribution in [-0.4, -0.2) is 23.5 Å². The van der Waals surface area contributed by atoms with E-state index in [0.29, 0.717) is 12.1 Å². The van der Waals surface area contributed by atoms with Crippen LogP contribution in [0.1, 0.15) is 52.9 Å². The minimum atomic E-state index is -1.03. The van der Waals surface area contributed by atoms with Gasteiger partial charge >= 0.3 is 5.97 Å². The first-order valence-corrected chi connectivity index (χ1v) is 6.61. The first-order chi connectivity index (χ1) is 8.42. The fraction of sp³-hybridized carbons (Fsp3) is 0.714. The van der Waals surface area contributed by atoms with Gasteiger partial charge in [-0.2, -0.15) is 0 Å². The summed E-state index contributed by atoms with van der Waals surface area (Å²) in [4.78, 5) is 22.7. The molecule has 0 saturated heterocycles. The second kappa shape index (κ2) is 6.03. The van der Waals surface area contributed by atoms with Gasteiger partial charge in [-0.3, -0.25) is 4.79 Å². The lowest BCUT2D eigenvalue weighted by Gasteiger charge is -2.27. The molecule has 0 spiro atoms. The molecular formula is C14H23NO3. The Bertz CT molecular complexity index is 365. The fourth-order valence-corrected chi connectivity index (χ4v) is 2.51. The third-order valence-corrected chi connectivity index (χ3v) is 4.26. The van der Waals surface area contributed by atoms with Gasteiger partial charge in [0.05, 0.1) is 0 Å². The molecule has 0 radical (unpaired) electrons. The summed E-state index contributed by atoms with van der Waals surface area (Å²) < 4.78 is 0. The maximum atomic E-state index is 11.9. The summed E-state index contributed by atoms with van der Waals surface area (Å²) in [6.45, 7) is 5.84. The van der Waals surface area contributed by atoms with Gasteiger partial charge in [-0.15, -0.1) is 0 Å². The fourth-order valence-electron chi connectivity index (χ4n) is 2.51. The minimum Gasteiger partial charge on any atom is -0.478 e. The van der Waals surface area contributed by atoms with Crippen molar-refractivity contribution in [3.63, 3.8) is 0 Å². The highest BCUT2D eigenvalue weighted by Gasteiger charge is 2.32. The number of carboxylic acid groups (broad SMARTS) is 1. The number of hydrogen-bond donors (Lipinski definition) is 2. The normalized spacial score (nSPS) is 19.3. The number of amides is 1. The Hall–Kier alpha value is -1.32. The van der Waals surface area contributed by atoms with Gasteiger partial charge < -0.3 is 10.4 Å². The molecule has 18 heavy (non-hydrogen) atoms. The summed E-state index contributed by atoms with van der Waals surface area (Å²) >= 11 is 0. The largest absolute Gasteiger partial charge is 0.478 e. The average molecular weight is 253 g/mol. The number of carboxylic acids is 1. The van der Waals surface area contributed by atoms with Crippen LogP contribution in [0.4, 0.5) is 0 Å². The van der Waals surface area contributed by atoms with E-state index in [0.717, 1.165) is 19.3 Å². The first-order valence-electron chi connectivity index (χ1n) is 6.61. The number of hydrogen-bond acceptors (Lipinski definition) is 2. The van der Waals surface area contributed by atoms with Crippen LogP contribution in [0.15, 0.2) is 11.1 Å². The Morgan fingerprint density at radius 2 is 1.72 bits per heavy atom. The lowest BCUT2D eigenvalue weighted by molar-refractivity contribution is -0.133. The molecule has 102 valence electrons. The molecule has 4 nitrogen and oxygen atoms in total. The van der Waals surface area contributed by atoms with Gasteiger partial charge in [0.2, 0.25) is 5.91 Å². The highest BCUT2D eigenvalue weighted by molar-refractivity contribution is 6.01. The van der Waals surface area contributed by atoms with E-state index >= 15 is 0 Å². The van der Waals surface area contributed by atoms with Crippen LogP contribution in [0, 0.1) is 5.41 Å². The van der Waals surface area contributed by atoms with E-state index in [1.165, 1.54) is 19.8 Å². The topological polar surface area (TPSA) is 66.4 Å². The summed E-state index contributed by atoms with van der Waals surface area (Å²) in [6, 6.07) is 0. The summed E-state index contributed by atoms with van der Waals surface area (Å²) in [5, 5.41) is 11.7. The number of rotatable bonds is 5. The third-order valence-electron chi connectivity index (χ3n) is 4.26. The van der Waals surface area contributed by atoms with E-state index in [4.69, 9.17) is 5.11 Å². The zero-order chi connectivity index (χ0) is 13.8. The number of nitrogens with one attached hydrogen (secondary N) is 1. The maximum absolute atomic E-state index is 11.9. The van der Waals surface area contributed by atoms with Gasteiger partial charge in [-0.05, 0) is 38.5 Å². The Morgan fingerprint density at radius 1 is 1.17 bits per heavy atom. The second-order valence-corrected chi connectivity index (χ2v) is 5.30. The van der Waals surface area contributed by atoms with Crippen molar-refractivity contribution in [2.75, 3.05) is 6.54 Å². The third kappa shape index (κ3) is 3.34. The maximum Gasteiger partial charge on any atom is 0.331 e. The van der Waals surface area contributed by atoms with Crippen molar-refractivity contribution in [3.05, 3.63) is 11.1 Å². The SMILES string of the molecule is CCC1(CNC(=O)C(C)=C(C)C(=O)O)CCCC1. The smallest absolute Gasteiger partial charge is 0.331 e. The molecule has 0 aromatic heterocycles. The van der Waals surface area contributed by atoms with Gasteiger partial charge in [-0.1, -0.05) is 19.8 Å². The molecule has 0 unspecified atom stereocenters. The molecule has 1 amide bonds. The van der Waals surface area contributed by atoms with Crippen molar-refractivity contribution in [1.82, 2.24) is 5.32 Å². The highest BCUT2D eigenvalue weighted by atomic mass is 16.4. The summed E-state index contributed by atoms with van der Waals surface area (Å²) in [5.41, 5.74) is 0.642. The Balaban J connectivity index is 2.61. The molecule has 0 bridgehead atoms. The van der Waals surface area contributed by atoms with Crippen molar-refractivity contribution in [2.24, 2.45) is 5.41 Å². The lowest BCUT2D eigenvalue weighted by Crippen LogP contribution is -2.36. The van der Waals surface area contributed by atoms with Gasteiger partial charge in [0.1, 0.15) is 0 Å². The van der Waals surface area contributed by atoms with Crippen molar-refractivity contribution in [1.29, 1.82) is 0 Å². The van der Waals surface area contributed by atoms with Crippen LogP contribution in [0.2, 0.25) is 0 Å². The molecule has 0 aromatic carbocycles. The average Bonchev–Trinajstić information content (AvgIpc) is 2.83. The summed E-state index contributed by atoms with van der Waals surface area (Å²) in [6.07, 6.45) is 5.84. The Labute approximate surface area is 108 Å². The monoisotopic (exact) mass is 253 g/mol. The van der Waals surface area contributed by atoms with Gasteiger partial charge in [0, 0.05) is 17.7 Å². The molecule has 1 aliphatic rings. The zero-order valence-electron chi connectivity index (χ0n) is 11.5. The van der Waals surface area contributed by atoms with Gasteiger partial charge in [-0.25, -0.2) is 4.79 Å². The van der Waals surface area contributed by atoms with Crippen LogP contribution in [0.25, 0.3) is 0 Å². The lowest BCUT2D eigenvalue weighted by atomic mass is 9.83. The van der Waals surface area contributed by atoms with Crippen molar-refractivity contribution < 1.29 is 14.7 Å². The standard InChI is InChI=1S/C14H23NO3/c1-4-14(7-5-6-8-14)9-15-12(16)10(2)11(3)13(17)18/h4-9H2,1-3H3,(H,15,16)(H,17,18). The van der Waals surface area contributed by atoms with Crippen LogP contribution in [-0.2, 0) is 9.59 Å². The van der Waals surface area contributed by atoms with Crippen LogP contribution < -0.4 is 5.32 Å². The predicted octanol–water partition coefficient (Wildman–Crippen LogP) is 2.49. The number of carbonyl (C=O) groups is 2. The van der Waals surface area contributed by atoms with Crippen molar-refractivity contribution in [2.45, 2.75) is 52.9 Å². The highest BCUT2D eigenvalue weighted by Crippen LogP contribution is 2.40.